The van der Waals surface area contributed by atoms with Crippen LogP contribution in [0.2, 0.25) is 5.02 Å². The Labute approximate surface area is 125 Å². The van der Waals surface area contributed by atoms with E-state index < -0.39 is 5.54 Å². The molecule has 2 rings (SSSR count). The van der Waals surface area contributed by atoms with Crippen LogP contribution in [0.3, 0.4) is 0 Å². The summed E-state index contributed by atoms with van der Waals surface area (Å²) in [5.41, 5.74) is 0.0612. The summed E-state index contributed by atoms with van der Waals surface area (Å²) in [7, 11) is 2.02. The molecule has 20 heavy (non-hydrogen) atoms. The second-order valence-corrected chi connectivity index (χ2v) is 5.66. The van der Waals surface area contributed by atoms with Crippen LogP contribution in [0.15, 0.2) is 24.3 Å². The van der Waals surface area contributed by atoms with Crippen molar-refractivity contribution in [2.75, 3.05) is 32.1 Å². The molecular weight excluding hydrogens is 276 g/mol. The smallest absolute Gasteiger partial charge is 0.333 e. The first-order valence-electron chi connectivity index (χ1n) is 6.96. The predicted octanol–water partition coefficient (Wildman–Crippen LogP) is 2.78. The van der Waals surface area contributed by atoms with Crippen molar-refractivity contribution in [2.24, 2.45) is 0 Å². The van der Waals surface area contributed by atoms with Crippen LogP contribution in [-0.2, 0) is 9.53 Å². The van der Waals surface area contributed by atoms with Gasteiger partial charge in [-0.3, -0.25) is 0 Å². The third kappa shape index (κ3) is 3.25. The maximum absolute atomic E-state index is 12.4. The van der Waals surface area contributed by atoms with Crippen molar-refractivity contribution < 1.29 is 9.53 Å². The molecule has 5 heteroatoms. The zero-order valence-corrected chi connectivity index (χ0v) is 12.7. The molecule has 1 fully saturated rings. The summed E-state index contributed by atoms with van der Waals surface area (Å²) in [5.74, 6) is -0.202. The lowest BCUT2D eigenvalue weighted by Crippen LogP contribution is -2.57. The normalized spacial score (nSPS) is 23.4. The maximum Gasteiger partial charge on any atom is 0.333 e. The number of piperidine rings is 1. The summed E-state index contributed by atoms with van der Waals surface area (Å²) in [6.45, 7) is 3.82. The lowest BCUT2D eigenvalue weighted by Gasteiger charge is -2.40. The minimum absolute atomic E-state index is 0.202. The molecule has 1 atom stereocenters. The largest absolute Gasteiger partial charge is 0.464 e. The van der Waals surface area contributed by atoms with Crippen LogP contribution in [0, 0.1) is 0 Å². The van der Waals surface area contributed by atoms with Gasteiger partial charge in [-0.2, -0.15) is 0 Å². The molecular formula is C15H21ClN2O2. The first-order chi connectivity index (χ1) is 9.57. The number of likely N-dealkylation sites (tertiary alicyclic amines) is 1. The van der Waals surface area contributed by atoms with E-state index in [4.69, 9.17) is 16.3 Å². The van der Waals surface area contributed by atoms with Gasteiger partial charge in [0, 0.05) is 6.54 Å². The number of carbonyl (C=O) groups is 1. The van der Waals surface area contributed by atoms with E-state index >= 15 is 0 Å². The molecule has 1 aliphatic rings. The number of anilines is 1. The molecule has 0 spiro atoms. The number of hydrogen-bond donors (Lipinski definition) is 1. The molecule has 1 aromatic rings. The van der Waals surface area contributed by atoms with Gasteiger partial charge in [-0.05, 0) is 45.5 Å². The van der Waals surface area contributed by atoms with E-state index in [2.05, 4.69) is 10.2 Å². The second-order valence-electron chi connectivity index (χ2n) is 5.25. The lowest BCUT2D eigenvalue weighted by atomic mass is 9.88. The van der Waals surface area contributed by atoms with Crippen molar-refractivity contribution in [3.05, 3.63) is 29.3 Å². The Morgan fingerprint density at radius 3 is 2.90 bits per heavy atom. The Balaban J connectivity index is 2.27. The molecule has 1 unspecified atom stereocenters. The third-order valence-electron chi connectivity index (χ3n) is 3.60. The molecule has 0 saturated carbocycles. The number of hydrogen-bond acceptors (Lipinski definition) is 4. The quantitative estimate of drug-likeness (QED) is 0.868. The van der Waals surface area contributed by atoms with E-state index in [0.29, 0.717) is 18.2 Å². The van der Waals surface area contributed by atoms with Crippen molar-refractivity contribution in [1.29, 1.82) is 0 Å². The molecule has 4 nitrogen and oxygen atoms in total. The standard InChI is InChI=1S/C15H21ClN2O2/c1-3-20-14(19)15(9-6-10-18(2)11-15)17-13-8-5-4-7-12(13)16/h4-5,7-8,17H,3,6,9-11H2,1-2H3. The topological polar surface area (TPSA) is 41.6 Å². The summed E-state index contributed by atoms with van der Waals surface area (Å²) < 4.78 is 5.27. The van der Waals surface area contributed by atoms with Gasteiger partial charge in [0.2, 0.25) is 0 Å². The summed E-state index contributed by atoms with van der Waals surface area (Å²) in [6, 6.07) is 7.48. The molecule has 0 bridgehead atoms. The predicted molar refractivity (Wildman–Crippen MR) is 81.2 cm³/mol. The van der Waals surface area contributed by atoms with Crippen LogP contribution in [0.1, 0.15) is 19.8 Å². The van der Waals surface area contributed by atoms with E-state index in [1.54, 1.807) is 0 Å². The number of nitrogens with one attached hydrogen (secondary N) is 1. The van der Waals surface area contributed by atoms with Crippen LogP contribution in [0.25, 0.3) is 0 Å². The molecule has 1 N–H and O–H groups in total. The van der Waals surface area contributed by atoms with Crippen LogP contribution in [0.4, 0.5) is 5.69 Å². The number of nitrogens with zero attached hydrogens (tertiary/aromatic N) is 1. The highest BCUT2D eigenvalue weighted by atomic mass is 35.5. The minimum Gasteiger partial charge on any atom is -0.464 e. The van der Waals surface area contributed by atoms with Gasteiger partial charge < -0.3 is 15.0 Å². The van der Waals surface area contributed by atoms with Gasteiger partial charge in [0.1, 0.15) is 5.54 Å². The summed E-state index contributed by atoms with van der Waals surface area (Å²) in [4.78, 5) is 14.6. The van der Waals surface area contributed by atoms with Gasteiger partial charge in [-0.15, -0.1) is 0 Å². The van der Waals surface area contributed by atoms with E-state index in [1.165, 1.54) is 0 Å². The fourth-order valence-corrected chi connectivity index (χ4v) is 2.86. The average Bonchev–Trinajstić information content (AvgIpc) is 2.42. The molecule has 1 aromatic carbocycles. The van der Waals surface area contributed by atoms with Crippen molar-refractivity contribution >= 4 is 23.3 Å². The summed E-state index contributed by atoms with van der Waals surface area (Å²) >= 11 is 6.20. The molecule has 0 radical (unpaired) electrons. The van der Waals surface area contributed by atoms with E-state index in [1.807, 2.05) is 38.2 Å². The molecule has 0 aromatic heterocycles. The molecule has 110 valence electrons. The van der Waals surface area contributed by atoms with E-state index in [0.717, 1.165) is 25.1 Å². The monoisotopic (exact) mass is 296 g/mol. The number of para-hydroxylation sites is 1. The number of benzene rings is 1. The Morgan fingerprint density at radius 1 is 1.50 bits per heavy atom. The highest BCUT2D eigenvalue weighted by Crippen LogP contribution is 2.30. The van der Waals surface area contributed by atoms with Gasteiger partial charge >= 0.3 is 5.97 Å². The third-order valence-corrected chi connectivity index (χ3v) is 3.93. The highest BCUT2D eigenvalue weighted by molar-refractivity contribution is 6.33. The zero-order valence-electron chi connectivity index (χ0n) is 12.0. The number of halogens is 1. The van der Waals surface area contributed by atoms with Gasteiger partial charge in [-0.25, -0.2) is 4.79 Å². The van der Waals surface area contributed by atoms with Crippen LogP contribution in [-0.4, -0.2) is 43.2 Å². The van der Waals surface area contributed by atoms with Crippen molar-refractivity contribution in [2.45, 2.75) is 25.3 Å². The van der Waals surface area contributed by atoms with Gasteiger partial charge in [0.15, 0.2) is 0 Å². The average molecular weight is 297 g/mol. The number of rotatable bonds is 4. The Morgan fingerprint density at radius 2 is 2.25 bits per heavy atom. The van der Waals surface area contributed by atoms with Gasteiger partial charge in [0.05, 0.1) is 17.3 Å². The lowest BCUT2D eigenvalue weighted by molar-refractivity contribution is -0.150. The van der Waals surface area contributed by atoms with Crippen LogP contribution in [0.5, 0.6) is 0 Å². The molecule has 1 heterocycles. The van der Waals surface area contributed by atoms with Crippen molar-refractivity contribution in [3.8, 4) is 0 Å². The van der Waals surface area contributed by atoms with Crippen LogP contribution >= 0.6 is 11.6 Å². The van der Waals surface area contributed by atoms with Gasteiger partial charge in [0.25, 0.3) is 0 Å². The molecule has 0 amide bonds. The number of likely N-dealkylation sites (N-methyl/N-ethyl adjacent to an activating group) is 1. The Bertz CT molecular complexity index is 481. The Hall–Kier alpha value is -1.26. The summed E-state index contributed by atoms with van der Waals surface area (Å²) in [5, 5.41) is 3.94. The maximum atomic E-state index is 12.4. The molecule has 1 saturated heterocycles. The first kappa shape index (κ1) is 15.1. The molecule has 1 aliphatic heterocycles. The number of carbonyl (C=O) groups excluding carboxylic acids is 1. The highest BCUT2D eigenvalue weighted by Gasteiger charge is 2.43. The van der Waals surface area contributed by atoms with E-state index in [-0.39, 0.29) is 5.97 Å². The molecule has 0 aliphatic carbocycles. The second kappa shape index (κ2) is 6.46. The fraction of sp³-hybridized carbons (Fsp3) is 0.533. The summed E-state index contributed by atoms with van der Waals surface area (Å²) in [6.07, 6.45) is 1.70. The Kier molecular flexibility index (Phi) is 4.89. The SMILES string of the molecule is CCOC(=O)C1(Nc2ccccc2Cl)CCCN(C)C1. The zero-order chi connectivity index (χ0) is 14.6. The van der Waals surface area contributed by atoms with E-state index in [9.17, 15) is 4.79 Å². The number of ether oxygens (including phenoxy) is 1. The van der Waals surface area contributed by atoms with Crippen LogP contribution < -0.4 is 5.32 Å². The van der Waals surface area contributed by atoms with Gasteiger partial charge in [-0.1, -0.05) is 23.7 Å². The minimum atomic E-state index is -0.714. The fourth-order valence-electron chi connectivity index (χ4n) is 2.68. The van der Waals surface area contributed by atoms with Crippen molar-refractivity contribution in [3.63, 3.8) is 0 Å². The first-order valence-corrected chi connectivity index (χ1v) is 7.34. The number of esters is 1. The van der Waals surface area contributed by atoms with Crippen molar-refractivity contribution in [1.82, 2.24) is 4.90 Å².